The molecule has 2 N–H and O–H groups in total. The van der Waals surface area contributed by atoms with Gasteiger partial charge in [-0.2, -0.15) is 0 Å². The molecule has 8 nitrogen and oxygen atoms in total. The number of ether oxygens (including phenoxy) is 2. The first kappa shape index (κ1) is 28.9. The highest BCUT2D eigenvalue weighted by molar-refractivity contribution is 9.10. The van der Waals surface area contributed by atoms with Crippen molar-refractivity contribution in [2.45, 2.75) is 24.1 Å². The van der Waals surface area contributed by atoms with Crippen LogP contribution in [0.4, 0.5) is 0 Å². The monoisotopic (exact) mass is 605 g/mol. The van der Waals surface area contributed by atoms with E-state index in [4.69, 9.17) is 14.6 Å². The minimum atomic E-state index is -0.363. The maximum Gasteiger partial charge on any atom is 0.340 e. The number of aryl methyl sites for hydroxylation is 1. The van der Waals surface area contributed by atoms with Crippen LogP contribution in [0.5, 0.6) is 5.75 Å². The van der Waals surface area contributed by atoms with Crippen molar-refractivity contribution in [1.29, 1.82) is 0 Å². The number of aliphatic hydroxyl groups excluding tert-OH is 1. The van der Waals surface area contributed by atoms with E-state index in [1.54, 1.807) is 11.8 Å². The van der Waals surface area contributed by atoms with Crippen LogP contribution in [0.3, 0.4) is 0 Å². The number of benzene rings is 2. The Labute approximate surface area is 236 Å². The molecular weight excluding hydrogens is 570 g/mol. The number of phenolic OH excluding ortho intramolecular Hbond substituents is 1. The van der Waals surface area contributed by atoms with Crippen molar-refractivity contribution in [1.82, 2.24) is 14.4 Å². The predicted molar refractivity (Wildman–Crippen MR) is 154 cm³/mol. The smallest absolute Gasteiger partial charge is 0.340 e. The number of hydrogen-bond acceptors (Lipinski definition) is 8. The highest BCUT2D eigenvalue weighted by Gasteiger charge is 2.28. The van der Waals surface area contributed by atoms with Crippen molar-refractivity contribution < 1.29 is 24.5 Å². The first-order chi connectivity index (χ1) is 18.4. The van der Waals surface area contributed by atoms with Crippen LogP contribution in [0.15, 0.2) is 45.8 Å². The molecule has 1 aliphatic rings. The van der Waals surface area contributed by atoms with E-state index in [9.17, 15) is 9.90 Å². The minimum absolute atomic E-state index is 0.0400. The lowest BCUT2D eigenvalue weighted by Crippen LogP contribution is -2.46. The van der Waals surface area contributed by atoms with Gasteiger partial charge in [0.05, 0.1) is 42.0 Å². The highest BCUT2D eigenvalue weighted by atomic mass is 79.9. The largest absolute Gasteiger partial charge is 0.506 e. The van der Waals surface area contributed by atoms with Crippen molar-refractivity contribution in [3.63, 3.8) is 0 Å². The molecule has 1 aliphatic heterocycles. The third-order valence-corrected chi connectivity index (χ3v) is 8.50. The average Bonchev–Trinajstić information content (AvgIpc) is 3.20. The summed E-state index contributed by atoms with van der Waals surface area (Å²) in [5.41, 5.74) is 3.03. The Bertz CT molecular complexity index is 1230. The number of carbonyl (C=O) groups is 1. The number of carbonyl (C=O) groups excluding carboxylic acids is 1. The summed E-state index contributed by atoms with van der Waals surface area (Å²) >= 11 is 5.22. The predicted octanol–water partition coefficient (Wildman–Crippen LogP) is 4.24. The molecule has 0 atom stereocenters. The molecule has 0 saturated carbocycles. The van der Waals surface area contributed by atoms with Gasteiger partial charge >= 0.3 is 5.97 Å². The Morgan fingerprint density at radius 3 is 2.50 bits per heavy atom. The van der Waals surface area contributed by atoms with Gasteiger partial charge in [0.25, 0.3) is 0 Å². The molecule has 3 aromatic rings. The van der Waals surface area contributed by atoms with Gasteiger partial charge in [0.15, 0.2) is 0 Å². The van der Waals surface area contributed by atoms with Crippen LogP contribution in [0.25, 0.3) is 10.9 Å². The number of rotatable bonds is 12. The maximum atomic E-state index is 13.3. The van der Waals surface area contributed by atoms with Gasteiger partial charge in [-0.15, -0.1) is 11.8 Å². The zero-order valence-corrected chi connectivity index (χ0v) is 24.4. The molecule has 0 spiro atoms. The van der Waals surface area contributed by atoms with E-state index in [2.05, 4.69) is 42.4 Å². The molecule has 1 aromatic heterocycles. The Morgan fingerprint density at radius 1 is 1.11 bits per heavy atom. The Hall–Kier alpha value is -2.08. The standard InChI is InChI=1S/C28H36BrN3O5S/c1-3-37-28(35)26-24(19-38-20-7-5-4-6-8-20)30(2)23-17-22(29)27(34)21(25(23)26)18-32-11-9-31(10-12-32)13-15-36-16-14-33/h4-8,17,33-34H,3,9-16,18-19H2,1-2H3. The molecule has 4 rings (SSSR count). The van der Waals surface area contributed by atoms with E-state index in [-0.39, 0.29) is 24.9 Å². The fourth-order valence-electron chi connectivity index (χ4n) is 4.85. The Morgan fingerprint density at radius 2 is 1.82 bits per heavy atom. The lowest BCUT2D eigenvalue weighted by atomic mass is 10.0. The summed E-state index contributed by atoms with van der Waals surface area (Å²) < 4.78 is 13.6. The molecule has 0 aliphatic carbocycles. The third-order valence-electron chi connectivity index (χ3n) is 6.87. The summed E-state index contributed by atoms with van der Waals surface area (Å²) in [5.74, 6) is 0.395. The molecular formula is C28H36BrN3O5S. The first-order valence-electron chi connectivity index (χ1n) is 12.9. The second-order valence-corrected chi connectivity index (χ2v) is 11.1. The van der Waals surface area contributed by atoms with Gasteiger partial charge < -0.3 is 24.3 Å². The minimum Gasteiger partial charge on any atom is -0.506 e. The maximum absolute atomic E-state index is 13.3. The lowest BCUT2D eigenvalue weighted by Gasteiger charge is -2.35. The fraction of sp³-hybridized carbons (Fsp3) is 0.464. The molecule has 2 heterocycles. The first-order valence-corrected chi connectivity index (χ1v) is 14.7. The average molecular weight is 607 g/mol. The van der Waals surface area contributed by atoms with Gasteiger partial charge in [-0.25, -0.2) is 4.79 Å². The van der Waals surface area contributed by atoms with E-state index in [0.29, 0.717) is 35.5 Å². The topological polar surface area (TPSA) is 87.4 Å². The normalized spacial score (nSPS) is 14.8. The Balaban J connectivity index is 1.63. The highest BCUT2D eigenvalue weighted by Crippen LogP contribution is 2.41. The lowest BCUT2D eigenvalue weighted by molar-refractivity contribution is 0.0527. The van der Waals surface area contributed by atoms with E-state index in [1.807, 2.05) is 38.2 Å². The summed E-state index contributed by atoms with van der Waals surface area (Å²) in [7, 11) is 1.97. The van der Waals surface area contributed by atoms with Crippen LogP contribution in [-0.4, -0.2) is 89.7 Å². The van der Waals surface area contributed by atoms with Crippen molar-refractivity contribution in [2.24, 2.45) is 7.05 Å². The van der Waals surface area contributed by atoms with Gasteiger partial charge in [-0.1, -0.05) is 18.2 Å². The van der Waals surface area contributed by atoms with Crippen molar-refractivity contribution in [3.05, 3.63) is 57.7 Å². The van der Waals surface area contributed by atoms with E-state index in [1.165, 1.54) is 0 Å². The van der Waals surface area contributed by atoms with Crippen LogP contribution in [0, 0.1) is 0 Å². The fourth-order valence-corrected chi connectivity index (χ4v) is 6.30. The van der Waals surface area contributed by atoms with Crippen molar-refractivity contribution in [3.8, 4) is 5.75 Å². The van der Waals surface area contributed by atoms with E-state index in [0.717, 1.165) is 59.8 Å². The molecule has 1 fully saturated rings. The molecule has 0 amide bonds. The number of aromatic nitrogens is 1. The van der Waals surface area contributed by atoms with Crippen LogP contribution in [-0.2, 0) is 28.8 Å². The Kier molecular flexibility index (Phi) is 10.5. The number of phenols is 1. The zero-order valence-electron chi connectivity index (χ0n) is 22.0. The van der Waals surface area contributed by atoms with Gasteiger partial charge in [0.1, 0.15) is 5.75 Å². The number of esters is 1. The van der Waals surface area contributed by atoms with Crippen LogP contribution < -0.4 is 0 Å². The summed E-state index contributed by atoms with van der Waals surface area (Å²) in [6.45, 7) is 7.90. The molecule has 10 heteroatoms. The summed E-state index contributed by atoms with van der Waals surface area (Å²) in [5, 5.41) is 20.8. The second-order valence-electron chi connectivity index (χ2n) is 9.24. The number of nitrogens with zero attached hydrogens (tertiary/aromatic N) is 3. The number of hydrogen-bond donors (Lipinski definition) is 2. The zero-order chi connectivity index (χ0) is 27.1. The summed E-state index contributed by atoms with van der Waals surface area (Å²) in [4.78, 5) is 19.1. The number of aliphatic hydroxyl groups is 1. The molecule has 1 saturated heterocycles. The second kappa shape index (κ2) is 13.8. The van der Waals surface area contributed by atoms with Gasteiger partial charge in [-0.3, -0.25) is 9.80 Å². The van der Waals surface area contributed by atoms with Gasteiger partial charge in [-0.05, 0) is 41.1 Å². The summed E-state index contributed by atoms with van der Waals surface area (Å²) in [6.07, 6.45) is 0. The van der Waals surface area contributed by atoms with Crippen LogP contribution >= 0.6 is 27.7 Å². The van der Waals surface area contributed by atoms with E-state index < -0.39 is 0 Å². The molecule has 0 bridgehead atoms. The van der Waals surface area contributed by atoms with E-state index >= 15 is 0 Å². The molecule has 0 radical (unpaired) electrons. The number of piperazine rings is 1. The quantitative estimate of drug-likeness (QED) is 0.180. The molecule has 206 valence electrons. The SMILES string of the molecule is CCOC(=O)c1c(CSc2ccccc2)n(C)c2cc(Br)c(O)c(CN3CCN(CCOCCO)CC3)c12. The summed E-state index contributed by atoms with van der Waals surface area (Å²) in [6, 6.07) is 12.0. The number of halogens is 1. The van der Waals surface area contributed by atoms with Crippen LogP contribution in [0.1, 0.15) is 28.5 Å². The number of fused-ring (bicyclic) bond motifs is 1. The van der Waals surface area contributed by atoms with Gasteiger partial charge in [0.2, 0.25) is 0 Å². The third kappa shape index (κ3) is 6.73. The van der Waals surface area contributed by atoms with Crippen molar-refractivity contribution in [2.75, 3.05) is 59.2 Å². The molecule has 2 aromatic carbocycles. The van der Waals surface area contributed by atoms with Gasteiger partial charge in [0, 0.05) is 73.6 Å². The number of thioether (sulfide) groups is 1. The van der Waals surface area contributed by atoms with Crippen LogP contribution in [0.2, 0.25) is 0 Å². The molecule has 0 unspecified atom stereocenters. The number of aromatic hydroxyl groups is 1. The van der Waals surface area contributed by atoms with Crippen molar-refractivity contribution >= 4 is 44.6 Å². The molecule has 38 heavy (non-hydrogen) atoms.